The van der Waals surface area contributed by atoms with E-state index in [9.17, 15) is 14.7 Å². The molecule has 0 aliphatic carbocycles. The summed E-state index contributed by atoms with van der Waals surface area (Å²) in [4.78, 5) is 34.1. The maximum Gasteiger partial charge on any atom is 0.272 e. The van der Waals surface area contributed by atoms with Crippen molar-refractivity contribution in [2.24, 2.45) is 0 Å². The van der Waals surface area contributed by atoms with Crippen molar-refractivity contribution in [3.63, 3.8) is 0 Å². The third kappa shape index (κ3) is 3.43. The van der Waals surface area contributed by atoms with Crippen LogP contribution in [0.25, 0.3) is 11.0 Å². The topological polar surface area (TPSA) is 111 Å². The van der Waals surface area contributed by atoms with Crippen molar-refractivity contribution in [3.8, 4) is 0 Å². The van der Waals surface area contributed by atoms with Gasteiger partial charge in [0.2, 0.25) is 0 Å². The third-order valence-electron chi connectivity index (χ3n) is 4.78. The van der Waals surface area contributed by atoms with Gasteiger partial charge in [-0.15, -0.1) is 0 Å². The number of pyridine rings is 1. The molecule has 3 N–H and O–H groups in total. The van der Waals surface area contributed by atoms with Crippen molar-refractivity contribution in [2.45, 2.75) is 25.5 Å². The van der Waals surface area contributed by atoms with Gasteiger partial charge in [0.1, 0.15) is 17.1 Å². The van der Waals surface area contributed by atoms with E-state index in [0.717, 1.165) is 5.39 Å². The first kappa shape index (κ1) is 17.3. The molecule has 0 bridgehead atoms. The molecule has 0 unspecified atom stereocenters. The van der Waals surface area contributed by atoms with E-state index in [0.29, 0.717) is 35.6 Å². The quantitative estimate of drug-likeness (QED) is 0.648. The van der Waals surface area contributed by atoms with Gasteiger partial charge >= 0.3 is 0 Å². The largest absolute Gasteiger partial charge is 0.469 e. The van der Waals surface area contributed by atoms with E-state index in [1.165, 1.54) is 11.2 Å². The Morgan fingerprint density at radius 3 is 2.93 bits per heavy atom. The monoisotopic (exact) mass is 368 g/mol. The van der Waals surface area contributed by atoms with E-state index in [2.05, 4.69) is 15.3 Å². The van der Waals surface area contributed by atoms with Gasteiger partial charge in [0.05, 0.1) is 17.9 Å². The van der Waals surface area contributed by atoms with Crippen LogP contribution in [0.1, 0.15) is 33.0 Å². The lowest BCUT2D eigenvalue weighted by Gasteiger charge is -2.35. The van der Waals surface area contributed by atoms with Gasteiger partial charge in [-0.1, -0.05) is 0 Å². The van der Waals surface area contributed by atoms with E-state index >= 15 is 0 Å². The number of rotatable bonds is 3. The number of aromatic nitrogens is 2. The number of aliphatic hydroxyl groups excluding tert-OH is 1. The second kappa shape index (κ2) is 6.88. The molecule has 8 nitrogen and oxygen atoms in total. The van der Waals surface area contributed by atoms with Gasteiger partial charge in [-0.2, -0.15) is 0 Å². The van der Waals surface area contributed by atoms with Crippen molar-refractivity contribution >= 4 is 22.8 Å². The number of fused-ring (bicyclic) bond motifs is 1. The summed E-state index contributed by atoms with van der Waals surface area (Å²) in [5.41, 5.74) is 1.39. The van der Waals surface area contributed by atoms with E-state index < -0.39 is 6.10 Å². The Balaban J connectivity index is 1.48. The fourth-order valence-electron chi connectivity index (χ4n) is 3.44. The number of hydrogen-bond donors (Lipinski definition) is 3. The molecule has 0 spiro atoms. The Bertz CT molecular complexity index is 992. The highest BCUT2D eigenvalue weighted by atomic mass is 16.3. The number of H-pyrrole nitrogens is 1. The first-order valence-corrected chi connectivity index (χ1v) is 8.77. The number of nitrogens with zero attached hydrogens (tertiary/aromatic N) is 2. The van der Waals surface area contributed by atoms with E-state index in [1.807, 2.05) is 12.1 Å². The number of aliphatic hydroxyl groups is 1. The predicted molar refractivity (Wildman–Crippen MR) is 97.3 cm³/mol. The van der Waals surface area contributed by atoms with Crippen LogP contribution in [-0.2, 0) is 0 Å². The van der Waals surface area contributed by atoms with E-state index in [4.69, 9.17) is 4.42 Å². The predicted octanol–water partition coefficient (Wildman–Crippen LogP) is 1.47. The summed E-state index contributed by atoms with van der Waals surface area (Å²) >= 11 is 0. The highest BCUT2D eigenvalue weighted by molar-refractivity contribution is 5.96. The van der Waals surface area contributed by atoms with Gasteiger partial charge in [-0.25, -0.2) is 4.98 Å². The molecule has 1 aliphatic heterocycles. The molecular weight excluding hydrogens is 348 g/mol. The minimum Gasteiger partial charge on any atom is -0.469 e. The third-order valence-corrected chi connectivity index (χ3v) is 4.78. The fourth-order valence-corrected chi connectivity index (χ4v) is 3.44. The Labute approximate surface area is 155 Å². The summed E-state index contributed by atoms with van der Waals surface area (Å²) in [5.74, 6) is -0.0251. The maximum absolute atomic E-state index is 12.8. The number of furan rings is 1. The summed E-state index contributed by atoms with van der Waals surface area (Å²) in [6.45, 7) is 2.23. The molecule has 1 fully saturated rings. The molecule has 2 amide bonds. The van der Waals surface area contributed by atoms with Crippen LogP contribution in [0.3, 0.4) is 0 Å². The zero-order valence-corrected chi connectivity index (χ0v) is 14.8. The van der Waals surface area contributed by atoms with Crippen LogP contribution in [0.4, 0.5) is 0 Å². The number of piperidine rings is 1. The van der Waals surface area contributed by atoms with Crippen molar-refractivity contribution in [2.75, 3.05) is 13.1 Å². The molecule has 0 saturated carbocycles. The van der Waals surface area contributed by atoms with Crippen LogP contribution in [0.2, 0.25) is 0 Å². The number of hydrogen-bond acceptors (Lipinski definition) is 5. The summed E-state index contributed by atoms with van der Waals surface area (Å²) in [6, 6.07) is 6.62. The minimum atomic E-state index is -0.715. The lowest BCUT2D eigenvalue weighted by atomic mass is 10.0. The minimum absolute atomic E-state index is 0.209. The summed E-state index contributed by atoms with van der Waals surface area (Å²) in [7, 11) is 0. The lowest BCUT2D eigenvalue weighted by Crippen LogP contribution is -2.54. The molecule has 3 aromatic rings. The van der Waals surface area contributed by atoms with Crippen LogP contribution in [0, 0.1) is 6.92 Å². The highest BCUT2D eigenvalue weighted by Crippen LogP contribution is 2.17. The van der Waals surface area contributed by atoms with Gasteiger partial charge in [-0.3, -0.25) is 9.59 Å². The molecule has 8 heteroatoms. The number of carbonyl (C=O) groups excluding carboxylic acids is 2. The average Bonchev–Trinajstić information content (AvgIpc) is 3.28. The number of aromatic amines is 1. The van der Waals surface area contributed by atoms with Crippen molar-refractivity contribution in [1.29, 1.82) is 0 Å². The lowest BCUT2D eigenvalue weighted by molar-refractivity contribution is 0.0367. The molecule has 0 aromatic carbocycles. The van der Waals surface area contributed by atoms with Gasteiger partial charge in [0.15, 0.2) is 0 Å². The summed E-state index contributed by atoms with van der Waals surface area (Å²) in [6.07, 6.45) is 2.89. The molecule has 3 aromatic heterocycles. The van der Waals surface area contributed by atoms with E-state index in [-0.39, 0.29) is 24.4 Å². The van der Waals surface area contributed by atoms with Gasteiger partial charge < -0.3 is 24.7 Å². The Kier molecular flexibility index (Phi) is 4.41. The van der Waals surface area contributed by atoms with Crippen LogP contribution >= 0.6 is 0 Å². The number of β-amino-alcohol motifs (C(OH)–C–C–N with tert-alkyl or cyclic N) is 1. The van der Waals surface area contributed by atoms with Gasteiger partial charge in [0.25, 0.3) is 11.8 Å². The number of likely N-dealkylation sites (tertiary alicyclic amines) is 1. The number of nitrogens with one attached hydrogen (secondary N) is 2. The summed E-state index contributed by atoms with van der Waals surface area (Å²) in [5, 5.41) is 14.0. The first-order valence-electron chi connectivity index (χ1n) is 8.77. The number of aryl methyl sites for hydroxylation is 1. The fraction of sp³-hybridized carbons (Fsp3) is 0.316. The smallest absolute Gasteiger partial charge is 0.272 e. The molecule has 2 atom stereocenters. The molecule has 1 aliphatic rings. The van der Waals surface area contributed by atoms with E-state index in [1.54, 1.807) is 25.3 Å². The average molecular weight is 368 g/mol. The van der Waals surface area contributed by atoms with Crippen molar-refractivity contribution in [1.82, 2.24) is 20.2 Å². The van der Waals surface area contributed by atoms with Gasteiger partial charge in [0, 0.05) is 30.7 Å². The zero-order chi connectivity index (χ0) is 19.0. The Morgan fingerprint density at radius 2 is 2.15 bits per heavy atom. The summed E-state index contributed by atoms with van der Waals surface area (Å²) < 4.78 is 5.16. The van der Waals surface area contributed by atoms with Crippen molar-refractivity contribution < 1.29 is 19.1 Å². The molecule has 27 heavy (non-hydrogen) atoms. The van der Waals surface area contributed by atoms with Crippen LogP contribution in [0.15, 0.2) is 41.1 Å². The van der Waals surface area contributed by atoms with Gasteiger partial charge in [-0.05, 0) is 37.6 Å². The Hall–Kier alpha value is -3.13. The molecule has 140 valence electrons. The van der Waals surface area contributed by atoms with Crippen LogP contribution in [-0.4, -0.2) is 57.0 Å². The molecule has 4 rings (SSSR count). The van der Waals surface area contributed by atoms with Crippen LogP contribution in [0.5, 0.6) is 0 Å². The second-order valence-corrected chi connectivity index (χ2v) is 6.77. The SMILES string of the molecule is Cc1occc1C(=O)N[C@H]1C[C@@H](O)CN(C(=O)c2ccc3cc[nH]c3n2)C1. The normalized spacial score (nSPS) is 20.0. The van der Waals surface area contributed by atoms with Crippen LogP contribution < -0.4 is 5.32 Å². The highest BCUT2D eigenvalue weighted by Gasteiger charge is 2.31. The van der Waals surface area contributed by atoms with Crippen molar-refractivity contribution in [3.05, 3.63) is 53.7 Å². The standard InChI is InChI=1S/C19H20N4O4/c1-11-15(5-7-27-11)18(25)21-13-8-14(24)10-23(9-13)19(26)16-3-2-12-4-6-20-17(12)22-16/h2-7,13-14,24H,8-10H2,1H3,(H,20,22)(H,21,25)/t13-,14+/m0/s1. The first-order chi connectivity index (χ1) is 13.0. The molecule has 4 heterocycles. The molecule has 1 saturated heterocycles. The Morgan fingerprint density at radius 1 is 1.30 bits per heavy atom. The zero-order valence-electron chi connectivity index (χ0n) is 14.8. The molecular formula is C19H20N4O4. The number of carbonyl (C=O) groups is 2. The molecule has 0 radical (unpaired) electrons. The number of amides is 2. The second-order valence-electron chi connectivity index (χ2n) is 6.77. The maximum atomic E-state index is 12.8.